The molecule has 0 fully saturated rings. The summed E-state index contributed by atoms with van der Waals surface area (Å²) in [6, 6.07) is 10.8. The summed E-state index contributed by atoms with van der Waals surface area (Å²) >= 11 is -2.19. The molecule has 0 amide bonds. The standard InChI is InChI=1S/C11H11NO2S/c1-12-10-6-2-5-9-8(10)4-3-7-11(9)15(13)14/h2-7,12H,1H3,(H,13,14)/p-1. The van der Waals surface area contributed by atoms with E-state index in [0.29, 0.717) is 4.90 Å². The molecule has 0 bridgehead atoms. The first kappa shape index (κ1) is 10.1. The quantitative estimate of drug-likeness (QED) is 0.789. The van der Waals surface area contributed by atoms with Gasteiger partial charge >= 0.3 is 0 Å². The van der Waals surface area contributed by atoms with Crippen molar-refractivity contribution in [3.8, 4) is 0 Å². The van der Waals surface area contributed by atoms with E-state index in [9.17, 15) is 8.76 Å². The van der Waals surface area contributed by atoms with Crippen LogP contribution in [0.15, 0.2) is 41.3 Å². The lowest BCUT2D eigenvalue weighted by molar-refractivity contribution is 0.538. The molecule has 78 valence electrons. The van der Waals surface area contributed by atoms with Crippen LogP contribution in [0.5, 0.6) is 0 Å². The lowest BCUT2D eigenvalue weighted by Crippen LogP contribution is -1.93. The van der Waals surface area contributed by atoms with Gasteiger partial charge in [-0.3, -0.25) is 4.21 Å². The van der Waals surface area contributed by atoms with E-state index >= 15 is 0 Å². The molecule has 0 aromatic heterocycles. The molecule has 0 aliphatic heterocycles. The highest BCUT2D eigenvalue weighted by Gasteiger charge is 2.03. The number of hydrogen-bond donors (Lipinski definition) is 1. The van der Waals surface area contributed by atoms with Crippen LogP contribution in [0.4, 0.5) is 5.69 Å². The monoisotopic (exact) mass is 220 g/mol. The van der Waals surface area contributed by atoms with E-state index in [4.69, 9.17) is 0 Å². The van der Waals surface area contributed by atoms with Crippen molar-refractivity contribution in [3.63, 3.8) is 0 Å². The van der Waals surface area contributed by atoms with Crippen LogP contribution in [0.3, 0.4) is 0 Å². The van der Waals surface area contributed by atoms with E-state index in [1.54, 1.807) is 18.2 Å². The van der Waals surface area contributed by atoms with Gasteiger partial charge < -0.3 is 9.87 Å². The normalized spacial score (nSPS) is 12.7. The van der Waals surface area contributed by atoms with E-state index in [1.165, 1.54) is 0 Å². The second-order valence-corrected chi connectivity index (χ2v) is 4.05. The molecular weight excluding hydrogens is 210 g/mol. The van der Waals surface area contributed by atoms with Crippen molar-refractivity contribution >= 4 is 27.5 Å². The van der Waals surface area contributed by atoms with Crippen LogP contribution in [0.1, 0.15) is 0 Å². The van der Waals surface area contributed by atoms with E-state index in [-0.39, 0.29) is 0 Å². The Morgan fingerprint density at radius 1 is 1.13 bits per heavy atom. The smallest absolute Gasteiger partial charge is 0.0417 e. The first-order valence-corrected chi connectivity index (χ1v) is 5.60. The molecule has 0 aliphatic carbocycles. The van der Waals surface area contributed by atoms with Gasteiger partial charge in [0.05, 0.1) is 0 Å². The molecule has 1 N–H and O–H groups in total. The minimum absolute atomic E-state index is 0.338. The van der Waals surface area contributed by atoms with Crippen molar-refractivity contribution in [1.82, 2.24) is 0 Å². The summed E-state index contributed by atoms with van der Waals surface area (Å²) in [6.07, 6.45) is 0. The van der Waals surface area contributed by atoms with E-state index in [0.717, 1.165) is 16.5 Å². The molecule has 0 saturated heterocycles. The van der Waals surface area contributed by atoms with Crippen molar-refractivity contribution in [2.24, 2.45) is 0 Å². The maximum Gasteiger partial charge on any atom is 0.0417 e. The second kappa shape index (κ2) is 4.00. The van der Waals surface area contributed by atoms with Gasteiger partial charge in [0.2, 0.25) is 0 Å². The third-order valence-electron chi connectivity index (χ3n) is 2.33. The molecule has 2 aromatic rings. The van der Waals surface area contributed by atoms with Gasteiger partial charge in [-0.2, -0.15) is 0 Å². The molecule has 4 heteroatoms. The van der Waals surface area contributed by atoms with Crippen LogP contribution >= 0.6 is 0 Å². The van der Waals surface area contributed by atoms with Gasteiger partial charge in [-0.25, -0.2) is 0 Å². The van der Waals surface area contributed by atoms with Gasteiger partial charge in [-0.15, -0.1) is 0 Å². The van der Waals surface area contributed by atoms with E-state index < -0.39 is 11.1 Å². The maximum atomic E-state index is 11.0. The first-order chi connectivity index (χ1) is 7.24. The Morgan fingerprint density at radius 3 is 2.47 bits per heavy atom. The Hall–Kier alpha value is -1.39. The highest BCUT2D eigenvalue weighted by Crippen LogP contribution is 2.27. The zero-order chi connectivity index (χ0) is 10.8. The van der Waals surface area contributed by atoms with Crippen molar-refractivity contribution in [1.29, 1.82) is 0 Å². The third kappa shape index (κ3) is 1.73. The average Bonchev–Trinajstić information content (AvgIpc) is 2.27. The molecule has 0 radical (unpaired) electrons. The number of hydrogen-bond acceptors (Lipinski definition) is 3. The Morgan fingerprint density at radius 2 is 1.80 bits per heavy atom. The van der Waals surface area contributed by atoms with Crippen molar-refractivity contribution in [2.45, 2.75) is 4.90 Å². The average molecular weight is 220 g/mol. The predicted molar refractivity (Wildman–Crippen MR) is 60.7 cm³/mol. The fourth-order valence-electron chi connectivity index (χ4n) is 1.64. The lowest BCUT2D eigenvalue weighted by Gasteiger charge is -2.11. The summed E-state index contributed by atoms with van der Waals surface area (Å²) in [4.78, 5) is 0.338. The van der Waals surface area contributed by atoms with Gasteiger partial charge in [0.25, 0.3) is 0 Å². The molecule has 0 aliphatic rings. The molecule has 2 rings (SSSR count). The topological polar surface area (TPSA) is 52.2 Å². The molecule has 3 nitrogen and oxygen atoms in total. The number of nitrogens with one attached hydrogen (secondary N) is 1. The summed E-state index contributed by atoms with van der Waals surface area (Å²) < 4.78 is 22.0. The Bertz CT molecular complexity index is 525. The largest absolute Gasteiger partial charge is 0.768 e. The summed E-state index contributed by atoms with van der Waals surface area (Å²) in [5.74, 6) is 0. The van der Waals surface area contributed by atoms with Crippen LogP contribution in [0.2, 0.25) is 0 Å². The van der Waals surface area contributed by atoms with E-state index in [2.05, 4.69) is 5.32 Å². The van der Waals surface area contributed by atoms with Crippen LogP contribution in [-0.2, 0) is 11.1 Å². The van der Waals surface area contributed by atoms with Crippen LogP contribution < -0.4 is 5.32 Å². The van der Waals surface area contributed by atoms with Crippen molar-refractivity contribution in [3.05, 3.63) is 36.4 Å². The van der Waals surface area contributed by atoms with Crippen LogP contribution in [0.25, 0.3) is 10.8 Å². The fraction of sp³-hybridized carbons (Fsp3) is 0.0909. The second-order valence-electron chi connectivity index (χ2n) is 3.14. The van der Waals surface area contributed by atoms with Gasteiger partial charge in [0, 0.05) is 23.0 Å². The number of anilines is 1. The molecule has 0 spiro atoms. The highest BCUT2D eigenvalue weighted by molar-refractivity contribution is 7.79. The van der Waals surface area contributed by atoms with Gasteiger partial charge in [0.1, 0.15) is 0 Å². The summed E-state index contributed by atoms with van der Waals surface area (Å²) in [5.41, 5.74) is 0.930. The summed E-state index contributed by atoms with van der Waals surface area (Å²) in [7, 11) is 1.82. The van der Waals surface area contributed by atoms with Crippen LogP contribution in [0, 0.1) is 0 Å². The highest BCUT2D eigenvalue weighted by atomic mass is 32.2. The molecule has 1 unspecified atom stereocenters. The fourth-order valence-corrected chi connectivity index (χ4v) is 2.19. The molecule has 1 atom stereocenters. The summed E-state index contributed by atoms with van der Waals surface area (Å²) in [6.45, 7) is 0. The number of benzene rings is 2. The zero-order valence-corrected chi connectivity index (χ0v) is 9.01. The SMILES string of the molecule is CNc1cccc2c(S(=O)[O-])cccc12. The van der Waals surface area contributed by atoms with E-state index in [1.807, 2.05) is 25.2 Å². The molecule has 0 saturated carbocycles. The predicted octanol–water partition coefficient (Wildman–Crippen LogP) is 2.12. The lowest BCUT2D eigenvalue weighted by atomic mass is 10.1. The zero-order valence-electron chi connectivity index (χ0n) is 8.19. The Kier molecular flexibility index (Phi) is 2.70. The minimum Gasteiger partial charge on any atom is -0.768 e. The van der Waals surface area contributed by atoms with Gasteiger partial charge in [-0.1, -0.05) is 24.3 Å². The van der Waals surface area contributed by atoms with Crippen molar-refractivity contribution in [2.75, 3.05) is 12.4 Å². The molecular formula is C11H10NO2S-. The van der Waals surface area contributed by atoms with Crippen LogP contribution in [-0.4, -0.2) is 15.8 Å². The third-order valence-corrected chi connectivity index (χ3v) is 3.05. The molecule has 15 heavy (non-hydrogen) atoms. The molecule has 0 heterocycles. The maximum absolute atomic E-state index is 11.0. The number of rotatable bonds is 2. The molecule has 2 aromatic carbocycles. The number of fused-ring (bicyclic) bond motifs is 1. The Balaban J connectivity index is 2.82. The van der Waals surface area contributed by atoms with Gasteiger partial charge in [0.15, 0.2) is 0 Å². The first-order valence-electron chi connectivity index (χ1n) is 4.53. The van der Waals surface area contributed by atoms with Gasteiger partial charge in [-0.05, 0) is 28.6 Å². The minimum atomic E-state index is -2.19. The Labute approximate surface area is 90.4 Å². The van der Waals surface area contributed by atoms with Crippen molar-refractivity contribution < 1.29 is 8.76 Å². The summed E-state index contributed by atoms with van der Waals surface area (Å²) in [5, 5.41) is 4.70.